The fraction of sp³-hybridized carbons (Fsp3) is 0.130. The van der Waals surface area contributed by atoms with E-state index in [4.69, 9.17) is 0 Å². The molecule has 0 aliphatic rings. The van der Waals surface area contributed by atoms with Crippen LogP contribution in [0.25, 0.3) is 33.5 Å². The number of aromatic amines is 1. The second-order valence-corrected chi connectivity index (χ2v) is 7.17. The highest BCUT2D eigenvalue weighted by Crippen LogP contribution is 2.32. The summed E-state index contributed by atoms with van der Waals surface area (Å²) in [7, 11) is 3.41. The number of hydrogen-bond donors (Lipinski definition) is 1. The number of benzene rings is 3. The van der Waals surface area contributed by atoms with E-state index >= 15 is 0 Å². The van der Waals surface area contributed by atoms with Crippen LogP contribution in [0, 0.1) is 0 Å². The third-order valence-electron chi connectivity index (χ3n) is 4.84. The Labute approximate surface area is 171 Å². The normalized spacial score (nSPS) is 11.6. The van der Waals surface area contributed by atoms with E-state index in [1.165, 1.54) is 11.0 Å². The molecule has 0 aliphatic carbocycles. The Morgan fingerprint density at radius 3 is 2.00 bits per heavy atom. The van der Waals surface area contributed by atoms with E-state index < -0.39 is 11.7 Å². The fourth-order valence-corrected chi connectivity index (χ4v) is 3.20. The number of carbonyl (C=O) groups is 1. The van der Waals surface area contributed by atoms with Crippen molar-refractivity contribution in [3.63, 3.8) is 0 Å². The number of carbonyl (C=O) groups excluding carboxylic acids is 1. The minimum atomic E-state index is -4.40. The number of H-pyrrole nitrogens is 1. The number of fused-ring (bicyclic) bond motifs is 1. The summed E-state index contributed by atoms with van der Waals surface area (Å²) < 4.78 is 38.7. The van der Waals surface area contributed by atoms with Crippen molar-refractivity contribution in [1.29, 1.82) is 0 Å². The van der Waals surface area contributed by atoms with Crippen molar-refractivity contribution >= 4 is 16.9 Å². The number of rotatable bonds is 3. The lowest BCUT2D eigenvalue weighted by Gasteiger charge is -2.10. The third-order valence-corrected chi connectivity index (χ3v) is 4.84. The number of alkyl halides is 3. The number of aromatic nitrogens is 2. The van der Waals surface area contributed by atoms with E-state index in [-0.39, 0.29) is 11.4 Å². The van der Waals surface area contributed by atoms with E-state index in [1.54, 1.807) is 26.2 Å². The summed E-state index contributed by atoms with van der Waals surface area (Å²) in [4.78, 5) is 20.9. The van der Waals surface area contributed by atoms with Gasteiger partial charge in [0.15, 0.2) is 0 Å². The Hall–Kier alpha value is -3.61. The first-order chi connectivity index (χ1) is 14.2. The highest BCUT2D eigenvalue weighted by atomic mass is 19.4. The van der Waals surface area contributed by atoms with Crippen molar-refractivity contribution < 1.29 is 18.0 Å². The molecule has 0 saturated carbocycles. The maximum Gasteiger partial charge on any atom is 0.416 e. The van der Waals surface area contributed by atoms with Crippen LogP contribution in [0.4, 0.5) is 13.2 Å². The van der Waals surface area contributed by atoms with E-state index in [1.807, 2.05) is 36.4 Å². The van der Waals surface area contributed by atoms with Gasteiger partial charge in [0, 0.05) is 25.2 Å². The molecular formula is C23H18F3N3O. The molecule has 0 unspecified atom stereocenters. The second kappa shape index (κ2) is 7.33. The van der Waals surface area contributed by atoms with E-state index in [0.717, 1.165) is 28.8 Å². The summed E-state index contributed by atoms with van der Waals surface area (Å²) in [5.41, 5.74) is 3.38. The van der Waals surface area contributed by atoms with Crippen molar-refractivity contribution in [2.75, 3.05) is 14.1 Å². The van der Waals surface area contributed by atoms with Gasteiger partial charge in [-0.25, -0.2) is 4.98 Å². The highest BCUT2D eigenvalue weighted by molar-refractivity contribution is 5.94. The Kier molecular flexibility index (Phi) is 4.81. The largest absolute Gasteiger partial charge is 0.416 e. The monoisotopic (exact) mass is 409 g/mol. The molecule has 1 N–H and O–H groups in total. The molecule has 1 aromatic heterocycles. The van der Waals surface area contributed by atoms with Gasteiger partial charge in [-0.05, 0) is 41.5 Å². The predicted octanol–water partition coefficient (Wildman–Crippen LogP) is 5.62. The lowest BCUT2D eigenvalue weighted by molar-refractivity contribution is -0.137. The lowest BCUT2D eigenvalue weighted by Crippen LogP contribution is -2.21. The van der Waals surface area contributed by atoms with Crippen LogP contribution in [0.15, 0.2) is 66.7 Å². The molecule has 0 bridgehead atoms. The second-order valence-electron chi connectivity index (χ2n) is 7.17. The van der Waals surface area contributed by atoms with Gasteiger partial charge in [-0.3, -0.25) is 4.79 Å². The minimum absolute atomic E-state index is 0.0598. The SMILES string of the molecule is CN(C)C(=O)c1ccc(-c2ccc(-c3nc4cc(C(F)(F)F)ccc4[nH]3)cc2)cc1. The molecule has 1 heterocycles. The van der Waals surface area contributed by atoms with Gasteiger partial charge in [-0.15, -0.1) is 0 Å². The summed E-state index contributed by atoms with van der Waals surface area (Å²) in [5.74, 6) is 0.443. The van der Waals surface area contributed by atoms with Gasteiger partial charge >= 0.3 is 6.18 Å². The smallest absolute Gasteiger partial charge is 0.345 e. The maximum atomic E-state index is 12.9. The molecule has 30 heavy (non-hydrogen) atoms. The Morgan fingerprint density at radius 2 is 1.43 bits per heavy atom. The zero-order valence-electron chi connectivity index (χ0n) is 16.3. The molecule has 0 aliphatic heterocycles. The van der Waals surface area contributed by atoms with Gasteiger partial charge in [0.25, 0.3) is 5.91 Å². The Balaban J connectivity index is 1.60. The molecule has 4 nitrogen and oxygen atoms in total. The number of amides is 1. The lowest BCUT2D eigenvalue weighted by atomic mass is 10.0. The van der Waals surface area contributed by atoms with Gasteiger partial charge in [-0.1, -0.05) is 36.4 Å². The topological polar surface area (TPSA) is 49.0 Å². The zero-order chi connectivity index (χ0) is 21.5. The van der Waals surface area contributed by atoms with Crippen LogP contribution < -0.4 is 0 Å². The Morgan fingerprint density at radius 1 is 0.867 bits per heavy atom. The Bertz CT molecular complexity index is 1210. The van der Waals surface area contributed by atoms with Gasteiger partial charge in [0.2, 0.25) is 0 Å². The van der Waals surface area contributed by atoms with Crippen molar-refractivity contribution in [2.24, 2.45) is 0 Å². The number of nitrogens with one attached hydrogen (secondary N) is 1. The van der Waals surface area contributed by atoms with Gasteiger partial charge in [-0.2, -0.15) is 13.2 Å². The molecule has 0 spiro atoms. The van der Waals surface area contributed by atoms with Crippen LogP contribution in [0.5, 0.6) is 0 Å². The first-order valence-electron chi connectivity index (χ1n) is 9.22. The molecule has 0 fully saturated rings. The molecule has 3 aromatic carbocycles. The third kappa shape index (κ3) is 3.78. The molecule has 0 atom stereocenters. The minimum Gasteiger partial charge on any atom is -0.345 e. The van der Waals surface area contributed by atoms with Crippen molar-refractivity contribution in [1.82, 2.24) is 14.9 Å². The van der Waals surface area contributed by atoms with Crippen LogP contribution in [0.1, 0.15) is 15.9 Å². The molecule has 4 aromatic rings. The molecule has 0 saturated heterocycles. The summed E-state index contributed by atoms with van der Waals surface area (Å²) in [5, 5.41) is 0. The zero-order valence-corrected chi connectivity index (χ0v) is 16.3. The van der Waals surface area contributed by atoms with Crippen molar-refractivity contribution in [3.8, 4) is 22.5 Å². The molecule has 152 valence electrons. The van der Waals surface area contributed by atoms with Gasteiger partial charge in [0.05, 0.1) is 16.6 Å². The van der Waals surface area contributed by atoms with Gasteiger partial charge in [0.1, 0.15) is 5.82 Å². The van der Waals surface area contributed by atoms with Crippen molar-refractivity contribution in [2.45, 2.75) is 6.18 Å². The number of imidazole rings is 1. The number of halogens is 3. The maximum absolute atomic E-state index is 12.9. The summed E-state index contributed by atoms with van der Waals surface area (Å²) in [6, 6.07) is 18.3. The van der Waals surface area contributed by atoms with Crippen LogP contribution in [-0.4, -0.2) is 34.9 Å². The summed E-state index contributed by atoms with van der Waals surface area (Å²) in [6.45, 7) is 0. The van der Waals surface area contributed by atoms with Gasteiger partial charge < -0.3 is 9.88 Å². The highest BCUT2D eigenvalue weighted by Gasteiger charge is 2.30. The van der Waals surface area contributed by atoms with Crippen molar-refractivity contribution in [3.05, 3.63) is 77.9 Å². The first-order valence-corrected chi connectivity index (χ1v) is 9.22. The van der Waals surface area contributed by atoms with Crippen LogP contribution in [0.2, 0.25) is 0 Å². The standard InChI is InChI=1S/C23H18F3N3O/c1-29(2)22(30)17-9-5-15(6-10-17)14-3-7-16(8-4-14)21-27-19-12-11-18(23(24,25)26)13-20(19)28-21/h3-13H,1-2H3,(H,27,28). The molecule has 0 radical (unpaired) electrons. The van der Waals surface area contributed by atoms with E-state index in [2.05, 4.69) is 9.97 Å². The average molecular weight is 409 g/mol. The quantitative estimate of drug-likeness (QED) is 0.478. The number of hydrogen-bond acceptors (Lipinski definition) is 2. The molecule has 7 heteroatoms. The van der Waals surface area contributed by atoms with Crippen LogP contribution in [-0.2, 0) is 6.18 Å². The average Bonchev–Trinajstić information content (AvgIpc) is 3.16. The predicted molar refractivity (Wildman–Crippen MR) is 110 cm³/mol. The van der Waals surface area contributed by atoms with Crippen LogP contribution >= 0.6 is 0 Å². The van der Waals surface area contributed by atoms with E-state index in [0.29, 0.717) is 16.9 Å². The summed E-state index contributed by atoms with van der Waals surface area (Å²) >= 11 is 0. The molecular weight excluding hydrogens is 391 g/mol. The molecule has 1 amide bonds. The molecule has 4 rings (SSSR count). The van der Waals surface area contributed by atoms with E-state index in [9.17, 15) is 18.0 Å². The number of nitrogens with zero attached hydrogens (tertiary/aromatic N) is 2. The summed E-state index contributed by atoms with van der Waals surface area (Å²) in [6.07, 6.45) is -4.40. The fourth-order valence-electron chi connectivity index (χ4n) is 3.20. The van der Waals surface area contributed by atoms with Crippen LogP contribution in [0.3, 0.4) is 0 Å². The first kappa shape index (κ1) is 19.7.